The fourth-order valence-corrected chi connectivity index (χ4v) is 3.36. The van der Waals surface area contributed by atoms with E-state index in [0.717, 1.165) is 16.5 Å². The van der Waals surface area contributed by atoms with Crippen LogP contribution in [0.15, 0.2) is 59.6 Å². The molecule has 0 aliphatic heterocycles. The summed E-state index contributed by atoms with van der Waals surface area (Å²) in [6, 6.07) is 7.62. The van der Waals surface area contributed by atoms with Crippen molar-refractivity contribution in [3.63, 3.8) is 0 Å². The molecule has 0 amide bonds. The largest absolute Gasteiger partial charge is 0.376 e. The van der Waals surface area contributed by atoms with Crippen LogP contribution < -0.4 is 0 Å². The Hall–Kier alpha value is -3.85. The first-order valence-corrected chi connectivity index (χ1v) is 9.21. The second-order valence-electron chi connectivity index (χ2n) is 7.23. The lowest BCUT2D eigenvalue weighted by Crippen LogP contribution is -2.23. The number of hydrogen-bond acceptors (Lipinski definition) is 6. The third-order valence-electron chi connectivity index (χ3n) is 5.04. The molecular weight excluding hydrogens is 387 g/mol. The Morgan fingerprint density at radius 3 is 2.83 bits per heavy atom. The van der Waals surface area contributed by atoms with Crippen LogP contribution in [-0.2, 0) is 12.6 Å². The van der Waals surface area contributed by atoms with Gasteiger partial charge in [0.1, 0.15) is 11.5 Å². The summed E-state index contributed by atoms with van der Waals surface area (Å²) >= 11 is 0. The van der Waals surface area contributed by atoms with Crippen molar-refractivity contribution in [3.8, 4) is 22.5 Å². The number of pyridine rings is 1. The number of aryl methyl sites for hydroxylation is 1. The minimum atomic E-state index is -1.64. The molecule has 30 heavy (non-hydrogen) atoms. The van der Waals surface area contributed by atoms with Crippen LogP contribution >= 0.6 is 0 Å². The van der Waals surface area contributed by atoms with Crippen LogP contribution in [0.1, 0.15) is 18.4 Å². The summed E-state index contributed by atoms with van der Waals surface area (Å²) in [5.74, 6) is -0.204. The van der Waals surface area contributed by atoms with Crippen molar-refractivity contribution in [2.45, 2.75) is 12.5 Å². The van der Waals surface area contributed by atoms with Gasteiger partial charge in [0.25, 0.3) is 5.89 Å². The van der Waals surface area contributed by atoms with E-state index < -0.39 is 11.4 Å². The molecular formula is C21H17FN6O2. The maximum atomic E-state index is 13.6. The van der Waals surface area contributed by atoms with E-state index in [1.165, 1.54) is 25.1 Å². The summed E-state index contributed by atoms with van der Waals surface area (Å²) in [4.78, 5) is 11.9. The zero-order valence-electron chi connectivity index (χ0n) is 16.2. The molecule has 0 spiro atoms. The van der Waals surface area contributed by atoms with Gasteiger partial charge in [-0.05, 0) is 30.7 Å². The standard InChI is InChI=1S/C21H17FN6O2/c1-21(29,14-4-3-5-15(22)7-14)20-26-19(27-30-20)17-10-24-18-16(17)6-12(8-23-18)13-9-25-28(2)11-13/h3-11,29H,1-2H3,(H,23,24). The van der Waals surface area contributed by atoms with E-state index in [9.17, 15) is 9.50 Å². The molecule has 150 valence electrons. The zero-order chi connectivity index (χ0) is 20.9. The number of halogens is 1. The van der Waals surface area contributed by atoms with Crippen LogP contribution in [-0.4, -0.2) is 35.0 Å². The van der Waals surface area contributed by atoms with Gasteiger partial charge in [-0.2, -0.15) is 10.1 Å². The number of H-pyrrole nitrogens is 1. The Morgan fingerprint density at radius 1 is 1.20 bits per heavy atom. The molecule has 8 nitrogen and oxygen atoms in total. The first kappa shape index (κ1) is 18.2. The lowest BCUT2D eigenvalue weighted by atomic mass is 9.96. The highest BCUT2D eigenvalue weighted by Crippen LogP contribution is 2.33. The summed E-state index contributed by atoms with van der Waals surface area (Å²) in [5.41, 5.74) is 1.85. The summed E-state index contributed by atoms with van der Waals surface area (Å²) in [6.07, 6.45) is 7.15. The van der Waals surface area contributed by atoms with Gasteiger partial charge in [-0.3, -0.25) is 4.68 Å². The summed E-state index contributed by atoms with van der Waals surface area (Å²) < 4.78 is 20.7. The number of nitrogens with one attached hydrogen (secondary N) is 1. The molecule has 4 aromatic heterocycles. The normalized spacial score (nSPS) is 13.6. The van der Waals surface area contributed by atoms with E-state index in [0.29, 0.717) is 16.8 Å². The fourth-order valence-electron chi connectivity index (χ4n) is 3.36. The summed E-state index contributed by atoms with van der Waals surface area (Å²) in [6.45, 7) is 1.48. The maximum absolute atomic E-state index is 13.6. The summed E-state index contributed by atoms with van der Waals surface area (Å²) in [5, 5.41) is 19.9. The Balaban J connectivity index is 1.56. The van der Waals surface area contributed by atoms with E-state index >= 15 is 0 Å². The molecule has 2 N–H and O–H groups in total. The molecule has 0 fully saturated rings. The van der Waals surface area contributed by atoms with Crippen LogP contribution in [0.25, 0.3) is 33.5 Å². The quantitative estimate of drug-likeness (QED) is 0.476. The van der Waals surface area contributed by atoms with Crippen molar-refractivity contribution in [3.05, 3.63) is 72.4 Å². The number of hydrogen-bond donors (Lipinski definition) is 2. The van der Waals surface area contributed by atoms with Gasteiger partial charge in [0.15, 0.2) is 5.60 Å². The number of benzene rings is 1. The highest BCUT2D eigenvalue weighted by molar-refractivity contribution is 5.94. The smallest absolute Gasteiger partial charge is 0.263 e. The molecule has 0 saturated carbocycles. The highest BCUT2D eigenvalue weighted by atomic mass is 19.1. The lowest BCUT2D eigenvalue weighted by Gasteiger charge is -2.18. The van der Waals surface area contributed by atoms with E-state index in [1.807, 2.05) is 19.3 Å². The fraction of sp³-hybridized carbons (Fsp3) is 0.143. The van der Waals surface area contributed by atoms with Crippen molar-refractivity contribution < 1.29 is 14.0 Å². The second kappa shape index (κ2) is 6.60. The molecule has 1 aromatic carbocycles. The Bertz CT molecular complexity index is 1370. The van der Waals surface area contributed by atoms with Gasteiger partial charge in [-0.15, -0.1) is 0 Å². The van der Waals surface area contributed by atoms with E-state index in [1.54, 1.807) is 29.3 Å². The molecule has 1 atom stereocenters. The van der Waals surface area contributed by atoms with E-state index in [-0.39, 0.29) is 11.7 Å². The van der Waals surface area contributed by atoms with Crippen LogP contribution in [0.4, 0.5) is 4.39 Å². The van der Waals surface area contributed by atoms with Crippen LogP contribution in [0.2, 0.25) is 0 Å². The molecule has 0 bridgehead atoms. The predicted octanol–water partition coefficient (Wildman–Crippen LogP) is 3.41. The molecule has 5 rings (SSSR count). The van der Waals surface area contributed by atoms with Crippen molar-refractivity contribution in [1.82, 2.24) is 29.9 Å². The number of aromatic amines is 1. The lowest BCUT2D eigenvalue weighted by molar-refractivity contribution is 0.0634. The average molecular weight is 404 g/mol. The third kappa shape index (κ3) is 2.96. The molecule has 4 heterocycles. The minimum Gasteiger partial charge on any atom is -0.376 e. The highest BCUT2D eigenvalue weighted by Gasteiger charge is 2.33. The van der Waals surface area contributed by atoms with Gasteiger partial charge in [0, 0.05) is 47.7 Å². The number of nitrogens with zero attached hydrogens (tertiary/aromatic N) is 5. The second-order valence-corrected chi connectivity index (χ2v) is 7.23. The van der Waals surface area contributed by atoms with Gasteiger partial charge < -0.3 is 14.6 Å². The first-order valence-electron chi connectivity index (χ1n) is 9.21. The predicted molar refractivity (Wildman–Crippen MR) is 107 cm³/mol. The Labute approximate surface area is 170 Å². The number of rotatable bonds is 4. The summed E-state index contributed by atoms with van der Waals surface area (Å²) in [7, 11) is 1.85. The van der Waals surface area contributed by atoms with Crippen LogP contribution in [0.3, 0.4) is 0 Å². The molecule has 5 aromatic rings. The maximum Gasteiger partial charge on any atom is 0.263 e. The average Bonchev–Trinajstić information content (AvgIpc) is 3.46. The Morgan fingerprint density at radius 2 is 2.07 bits per heavy atom. The van der Waals surface area contributed by atoms with Gasteiger partial charge in [-0.25, -0.2) is 9.37 Å². The molecule has 0 radical (unpaired) electrons. The molecule has 0 aliphatic carbocycles. The van der Waals surface area contributed by atoms with Crippen LogP contribution in [0, 0.1) is 5.82 Å². The molecule has 9 heteroatoms. The van der Waals surface area contributed by atoms with Gasteiger partial charge in [0.2, 0.25) is 5.82 Å². The first-order chi connectivity index (χ1) is 14.4. The minimum absolute atomic E-state index is 0.0335. The third-order valence-corrected chi connectivity index (χ3v) is 5.04. The van der Waals surface area contributed by atoms with Gasteiger partial charge in [0.05, 0.1) is 6.20 Å². The SMILES string of the molecule is Cn1cc(-c2cnc3[nH]cc(-c4noc(C(C)(O)c5cccc(F)c5)n4)c3c2)cn1. The van der Waals surface area contributed by atoms with Crippen molar-refractivity contribution in [2.24, 2.45) is 7.05 Å². The monoisotopic (exact) mass is 404 g/mol. The zero-order valence-corrected chi connectivity index (χ0v) is 16.2. The number of fused-ring (bicyclic) bond motifs is 1. The van der Waals surface area contributed by atoms with Crippen LogP contribution in [0.5, 0.6) is 0 Å². The number of aliphatic hydroxyl groups is 1. The van der Waals surface area contributed by atoms with E-state index in [4.69, 9.17) is 4.52 Å². The van der Waals surface area contributed by atoms with Crippen molar-refractivity contribution >= 4 is 11.0 Å². The topological polar surface area (TPSA) is 106 Å². The molecule has 0 saturated heterocycles. The van der Waals surface area contributed by atoms with Crippen molar-refractivity contribution in [1.29, 1.82) is 0 Å². The van der Waals surface area contributed by atoms with Gasteiger partial charge >= 0.3 is 0 Å². The van der Waals surface area contributed by atoms with E-state index in [2.05, 4.69) is 25.2 Å². The molecule has 1 unspecified atom stereocenters. The Kier molecular flexibility index (Phi) is 4.00. The van der Waals surface area contributed by atoms with Gasteiger partial charge in [-0.1, -0.05) is 17.3 Å². The molecule has 0 aliphatic rings. The number of aromatic nitrogens is 6. The van der Waals surface area contributed by atoms with Crippen molar-refractivity contribution in [2.75, 3.05) is 0 Å².